The predicted molar refractivity (Wildman–Crippen MR) is 87.2 cm³/mol. The molecule has 0 aliphatic carbocycles. The third-order valence-corrected chi connectivity index (χ3v) is 4.85. The van der Waals surface area contributed by atoms with E-state index in [1.54, 1.807) is 6.92 Å². The van der Waals surface area contributed by atoms with Gasteiger partial charge in [0, 0.05) is 13.0 Å². The topological polar surface area (TPSA) is 81.8 Å². The number of fused-ring (bicyclic) bond motifs is 2. The van der Waals surface area contributed by atoms with E-state index >= 15 is 0 Å². The van der Waals surface area contributed by atoms with E-state index < -0.39 is 10.6 Å². The van der Waals surface area contributed by atoms with Crippen LogP contribution in [0, 0.1) is 4.91 Å². The van der Waals surface area contributed by atoms with Crippen molar-refractivity contribution in [1.82, 2.24) is 10.2 Å². The number of amidine groups is 1. The minimum Gasteiger partial charge on any atom is -0.276 e. The SMILES string of the molecule is CCCC1N=C2C3=C(N(C(=O)CC)CNC3)[N+](=O)[N+]2(CCC)C1=O. The molecule has 3 rings (SSSR count). The molecule has 1 N–H and O–H groups in total. The summed E-state index contributed by atoms with van der Waals surface area (Å²) < 4.78 is -0.402. The van der Waals surface area contributed by atoms with Crippen molar-refractivity contribution in [1.29, 1.82) is 0 Å². The van der Waals surface area contributed by atoms with Gasteiger partial charge < -0.3 is 0 Å². The molecule has 0 aromatic carbocycles. The number of quaternary nitrogens is 1. The summed E-state index contributed by atoms with van der Waals surface area (Å²) in [5.74, 6) is 0.536. The molecule has 3 aliphatic heterocycles. The molecule has 0 saturated carbocycles. The number of amides is 2. The molecule has 0 aromatic heterocycles. The summed E-state index contributed by atoms with van der Waals surface area (Å²) in [6.07, 6.45) is 2.47. The quantitative estimate of drug-likeness (QED) is 0.601. The second-order valence-electron chi connectivity index (χ2n) is 6.42. The minimum atomic E-state index is -0.459. The van der Waals surface area contributed by atoms with Crippen molar-refractivity contribution in [2.24, 2.45) is 4.99 Å². The van der Waals surface area contributed by atoms with Crippen LogP contribution in [0.15, 0.2) is 16.4 Å². The van der Waals surface area contributed by atoms with Gasteiger partial charge in [0.15, 0.2) is 16.5 Å². The van der Waals surface area contributed by atoms with Gasteiger partial charge in [0.05, 0.1) is 0 Å². The van der Waals surface area contributed by atoms with Gasteiger partial charge in [0.1, 0.15) is 13.2 Å². The van der Waals surface area contributed by atoms with E-state index in [1.165, 1.54) is 4.90 Å². The largest absolute Gasteiger partial charge is 0.398 e. The van der Waals surface area contributed by atoms with Gasteiger partial charge in [-0.1, -0.05) is 27.2 Å². The molecule has 0 saturated heterocycles. The molecule has 8 nitrogen and oxygen atoms in total. The van der Waals surface area contributed by atoms with Gasteiger partial charge in [0.2, 0.25) is 0 Å². The van der Waals surface area contributed by atoms with Gasteiger partial charge in [-0.05, 0) is 22.3 Å². The molecule has 2 atom stereocenters. The molecule has 130 valence electrons. The van der Waals surface area contributed by atoms with E-state index in [0.717, 1.165) is 11.3 Å². The highest BCUT2D eigenvalue weighted by Crippen LogP contribution is 2.39. The number of nitrogens with zero attached hydrogens (tertiary/aromatic N) is 4. The summed E-state index contributed by atoms with van der Waals surface area (Å²) >= 11 is 0. The maximum Gasteiger partial charge on any atom is 0.398 e. The lowest BCUT2D eigenvalue weighted by atomic mass is 10.1. The normalized spacial score (nSPS) is 29.0. The van der Waals surface area contributed by atoms with E-state index in [1.807, 2.05) is 13.8 Å². The van der Waals surface area contributed by atoms with E-state index in [2.05, 4.69) is 10.3 Å². The zero-order valence-electron chi connectivity index (χ0n) is 14.5. The molecule has 0 fully saturated rings. The molecule has 8 heteroatoms. The van der Waals surface area contributed by atoms with Crippen molar-refractivity contribution in [3.8, 4) is 0 Å². The van der Waals surface area contributed by atoms with E-state index in [9.17, 15) is 14.5 Å². The van der Waals surface area contributed by atoms with Crippen LogP contribution < -0.4 is 5.32 Å². The van der Waals surface area contributed by atoms with Crippen molar-refractivity contribution in [3.05, 3.63) is 16.3 Å². The average Bonchev–Trinajstić information content (AvgIpc) is 2.99. The van der Waals surface area contributed by atoms with Crippen molar-refractivity contribution < 1.29 is 19.1 Å². The first-order valence-electron chi connectivity index (χ1n) is 8.76. The summed E-state index contributed by atoms with van der Waals surface area (Å²) in [6, 6.07) is -0.459. The summed E-state index contributed by atoms with van der Waals surface area (Å²) in [5, 5.41) is 3.16. The highest BCUT2D eigenvalue weighted by atomic mass is 16.4. The number of carbonyl (C=O) groups is 2. The maximum absolute atomic E-state index is 13.2. The van der Waals surface area contributed by atoms with Crippen molar-refractivity contribution in [2.45, 2.75) is 52.5 Å². The summed E-state index contributed by atoms with van der Waals surface area (Å²) in [7, 11) is 0. The van der Waals surface area contributed by atoms with Crippen LogP contribution in [0.3, 0.4) is 0 Å². The van der Waals surface area contributed by atoms with Crippen LogP contribution in [-0.2, 0) is 9.59 Å². The highest BCUT2D eigenvalue weighted by molar-refractivity contribution is 6.06. The fraction of sp³-hybridized carbons (Fsp3) is 0.688. The minimum absolute atomic E-state index is 0.135. The van der Waals surface area contributed by atoms with E-state index in [4.69, 9.17) is 0 Å². The van der Waals surface area contributed by atoms with Gasteiger partial charge >= 0.3 is 17.6 Å². The molecular formula is C16H25N5O3+2. The van der Waals surface area contributed by atoms with Crippen LogP contribution in [0.4, 0.5) is 0 Å². The number of carbonyl (C=O) groups excluding carboxylic acids is 2. The lowest BCUT2D eigenvalue weighted by Gasteiger charge is -2.21. The first-order chi connectivity index (χ1) is 11.5. The second-order valence-corrected chi connectivity index (χ2v) is 6.42. The van der Waals surface area contributed by atoms with Gasteiger partial charge in [0.25, 0.3) is 5.84 Å². The Bertz CT molecular complexity index is 669. The van der Waals surface area contributed by atoms with Crippen molar-refractivity contribution in [2.75, 3.05) is 19.8 Å². The van der Waals surface area contributed by atoms with Crippen LogP contribution >= 0.6 is 0 Å². The lowest BCUT2D eigenvalue weighted by molar-refractivity contribution is -1.22. The molecule has 3 heterocycles. The van der Waals surface area contributed by atoms with Crippen LogP contribution in [0.2, 0.25) is 0 Å². The number of aliphatic imine (C=N–C) groups is 1. The summed E-state index contributed by atoms with van der Waals surface area (Å²) in [6.45, 7) is 6.83. The smallest absolute Gasteiger partial charge is 0.276 e. The third-order valence-electron chi connectivity index (χ3n) is 4.85. The zero-order valence-corrected chi connectivity index (χ0v) is 14.5. The fourth-order valence-corrected chi connectivity index (χ4v) is 3.78. The number of nitroso groups, excluding NO2 is 1. The number of hydrogen-bond donors (Lipinski definition) is 1. The van der Waals surface area contributed by atoms with Crippen molar-refractivity contribution >= 4 is 17.6 Å². The summed E-state index contributed by atoms with van der Waals surface area (Å²) in [4.78, 5) is 45.3. The predicted octanol–water partition coefficient (Wildman–Crippen LogP) is 1.04. The van der Waals surface area contributed by atoms with Crippen LogP contribution in [0.1, 0.15) is 46.5 Å². The molecule has 0 bridgehead atoms. The van der Waals surface area contributed by atoms with Gasteiger partial charge in [-0.3, -0.25) is 5.32 Å². The molecule has 0 radical (unpaired) electrons. The Morgan fingerprint density at radius 1 is 1.38 bits per heavy atom. The molecule has 3 aliphatic rings. The zero-order chi connectivity index (χ0) is 17.5. The Labute approximate surface area is 141 Å². The highest BCUT2D eigenvalue weighted by Gasteiger charge is 2.70. The molecule has 24 heavy (non-hydrogen) atoms. The van der Waals surface area contributed by atoms with Crippen LogP contribution in [0.25, 0.3) is 0 Å². The third kappa shape index (κ3) is 2.09. The van der Waals surface area contributed by atoms with Crippen LogP contribution in [0.5, 0.6) is 0 Å². The average molecular weight is 335 g/mol. The Morgan fingerprint density at radius 3 is 2.75 bits per heavy atom. The standard InChI is InChI=1S/C16H25N5O3/c1-4-7-12-16(23)21(8-5-2)14(18-12)11-9-17-10-19(13(22)6-3)15(11)20(21)24/h12,17H,4-10H2,1-3H3/q+2. The first-order valence-corrected chi connectivity index (χ1v) is 8.76. The fourth-order valence-electron chi connectivity index (χ4n) is 3.78. The molecule has 0 spiro atoms. The Balaban J connectivity index is 2.12. The monoisotopic (exact) mass is 335 g/mol. The van der Waals surface area contributed by atoms with Gasteiger partial charge in [-0.25, -0.2) is 14.6 Å². The lowest BCUT2D eigenvalue weighted by Crippen LogP contribution is -2.59. The first kappa shape index (κ1) is 16.9. The van der Waals surface area contributed by atoms with E-state index in [0.29, 0.717) is 49.6 Å². The molecule has 0 aromatic rings. The summed E-state index contributed by atoms with van der Waals surface area (Å²) in [5.41, 5.74) is 0.693. The van der Waals surface area contributed by atoms with Crippen LogP contribution in [-0.4, -0.2) is 57.8 Å². The molecular weight excluding hydrogens is 310 g/mol. The Hall–Kier alpha value is -1.93. The van der Waals surface area contributed by atoms with Gasteiger partial charge in [-0.15, -0.1) is 0 Å². The number of rotatable bonds is 5. The van der Waals surface area contributed by atoms with Crippen molar-refractivity contribution in [3.63, 3.8) is 0 Å². The van der Waals surface area contributed by atoms with Gasteiger partial charge in [-0.2, -0.15) is 4.90 Å². The maximum atomic E-state index is 13.2. The Kier molecular flexibility index (Phi) is 4.35. The number of hydrogen-bond acceptors (Lipinski definition) is 5. The molecule has 2 amide bonds. The Morgan fingerprint density at radius 2 is 2.12 bits per heavy atom. The number of nitrogens with one attached hydrogen (secondary N) is 1. The van der Waals surface area contributed by atoms with E-state index in [-0.39, 0.29) is 18.5 Å². The molecule has 2 unspecified atom stereocenters. The second kappa shape index (κ2) is 6.18.